The fraction of sp³-hybridized carbons (Fsp3) is 0.500. The summed E-state index contributed by atoms with van der Waals surface area (Å²) in [7, 11) is 0. The van der Waals surface area contributed by atoms with Crippen LogP contribution in [-0.2, 0) is 5.41 Å². The maximum absolute atomic E-state index is 9.26. The molecule has 1 unspecified atom stereocenters. The largest absolute Gasteiger partial charge is 0.395 e. The molecule has 7 heteroatoms. The second-order valence-corrected chi connectivity index (χ2v) is 7.10. The molecule has 2 rings (SSSR count). The van der Waals surface area contributed by atoms with Crippen LogP contribution in [0.4, 0.5) is 0 Å². The minimum absolute atomic E-state index is 0.00391. The average Bonchev–Trinajstić information content (AvgIpc) is 2.92. The molecule has 0 fully saturated rings. The highest BCUT2D eigenvalue weighted by molar-refractivity contribution is 7.99. The minimum Gasteiger partial charge on any atom is -0.395 e. The molecule has 3 N–H and O–H groups in total. The van der Waals surface area contributed by atoms with Gasteiger partial charge in [0.05, 0.1) is 12.3 Å². The van der Waals surface area contributed by atoms with Crippen molar-refractivity contribution < 1.29 is 5.11 Å². The Hall–Kier alpha value is -1.44. The molecule has 0 aliphatic carbocycles. The molecule has 0 radical (unpaired) electrons. The number of thioether (sulfide) groups is 1. The maximum Gasteiger partial charge on any atom is 0.214 e. The number of tetrazole rings is 1. The molecule has 1 heterocycles. The van der Waals surface area contributed by atoms with Crippen LogP contribution in [0.25, 0.3) is 5.69 Å². The van der Waals surface area contributed by atoms with E-state index in [0.717, 1.165) is 5.69 Å². The van der Waals surface area contributed by atoms with Gasteiger partial charge in [-0.1, -0.05) is 44.7 Å². The molecule has 21 heavy (non-hydrogen) atoms. The van der Waals surface area contributed by atoms with Crippen molar-refractivity contribution in [2.75, 3.05) is 13.2 Å². The Morgan fingerprint density at radius 1 is 1.38 bits per heavy atom. The second-order valence-electron chi connectivity index (χ2n) is 5.83. The van der Waals surface area contributed by atoms with Gasteiger partial charge >= 0.3 is 0 Å². The summed E-state index contributed by atoms with van der Waals surface area (Å²) in [5.74, 6) is 0. The van der Waals surface area contributed by atoms with Crippen LogP contribution in [0.1, 0.15) is 26.3 Å². The van der Waals surface area contributed by atoms with Crippen LogP contribution in [0.2, 0.25) is 0 Å². The van der Waals surface area contributed by atoms with Crippen molar-refractivity contribution in [3.8, 4) is 5.69 Å². The third-order valence-electron chi connectivity index (χ3n) is 3.14. The van der Waals surface area contributed by atoms with Crippen LogP contribution in [0.5, 0.6) is 0 Å². The molecule has 1 aromatic heterocycles. The molecule has 1 atom stereocenters. The van der Waals surface area contributed by atoms with Crippen molar-refractivity contribution >= 4 is 11.8 Å². The number of hydrogen-bond donors (Lipinski definition) is 2. The predicted octanol–water partition coefficient (Wildman–Crippen LogP) is 1.37. The monoisotopic (exact) mass is 307 g/mol. The summed E-state index contributed by atoms with van der Waals surface area (Å²) in [6.45, 7) is 6.86. The summed E-state index contributed by atoms with van der Waals surface area (Å²) in [4.78, 5) is 0. The molecule has 0 aliphatic heterocycles. The summed E-state index contributed by atoms with van der Waals surface area (Å²) < 4.78 is 1.68. The van der Waals surface area contributed by atoms with Crippen molar-refractivity contribution in [1.82, 2.24) is 20.2 Å². The van der Waals surface area contributed by atoms with Gasteiger partial charge in [0.2, 0.25) is 5.16 Å². The highest BCUT2D eigenvalue weighted by Gasteiger charge is 2.17. The van der Waals surface area contributed by atoms with E-state index in [1.165, 1.54) is 17.3 Å². The van der Waals surface area contributed by atoms with Crippen molar-refractivity contribution in [2.45, 2.75) is 36.6 Å². The number of benzene rings is 1. The van der Waals surface area contributed by atoms with Crippen LogP contribution in [0.15, 0.2) is 29.4 Å². The third-order valence-corrected chi connectivity index (χ3v) is 4.28. The Bertz CT molecular complexity index is 589. The molecule has 6 nitrogen and oxygen atoms in total. The summed E-state index contributed by atoms with van der Waals surface area (Å²) in [6, 6.07) is 8.14. The summed E-state index contributed by atoms with van der Waals surface area (Å²) in [6.07, 6.45) is 0. The first kappa shape index (κ1) is 15.9. The highest BCUT2D eigenvalue weighted by Crippen LogP contribution is 2.26. The van der Waals surface area contributed by atoms with Crippen molar-refractivity contribution in [2.24, 2.45) is 5.73 Å². The zero-order valence-corrected chi connectivity index (χ0v) is 13.3. The van der Waals surface area contributed by atoms with Gasteiger partial charge in [0.1, 0.15) is 0 Å². The molecular formula is C14H21N5OS. The van der Waals surface area contributed by atoms with Crippen LogP contribution in [0, 0.1) is 0 Å². The lowest BCUT2D eigenvalue weighted by Gasteiger charge is -2.19. The topological polar surface area (TPSA) is 89.9 Å². The van der Waals surface area contributed by atoms with Gasteiger partial charge in [-0.25, -0.2) is 0 Å². The van der Waals surface area contributed by atoms with E-state index in [4.69, 9.17) is 5.73 Å². The van der Waals surface area contributed by atoms with Crippen molar-refractivity contribution in [3.63, 3.8) is 0 Å². The number of aliphatic hydroxyl groups is 1. The molecule has 0 saturated heterocycles. The lowest BCUT2D eigenvalue weighted by Crippen LogP contribution is -2.21. The van der Waals surface area contributed by atoms with Gasteiger partial charge in [0, 0.05) is 11.8 Å². The van der Waals surface area contributed by atoms with Gasteiger partial charge in [-0.05, 0) is 33.5 Å². The first-order valence-corrected chi connectivity index (χ1v) is 7.70. The minimum atomic E-state index is -0.111. The van der Waals surface area contributed by atoms with Gasteiger partial charge in [-0.3, -0.25) is 0 Å². The number of aliphatic hydroxyl groups excluding tert-OH is 1. The zero-order chi connectivity index (χ0) is 15.5. The van der Waals surface area contributed by atoms with E-state index < -0.39 is 0 Å². The van der Waals surface area contributed by atoms with E-state index in [9.17, 15) is 5.11 Å². The van der Waals surface area contributed by atoms with Crippen LogP contribution in [-0.4, -0.2) is 43.7 Å². The Kier molecular flexibility index (Phi) is 4.97. The third kappa shape index (κ3) is 3.81. The number of aromatic nitrogens is 4. The summed E-state index contributed by atoms with van der Waals surface area (Å²) in [5.41, 5.74) is 7.79. The molecule has 114 valence electrons. The standard InChI is InChI=1S/C14H21N5OS/c1-14(2,3)10-5-4-6-11(7-10)19-13(16-17-18-19)21-12(8-15)9-20/h4-7,12,20H,8-9,15H2,1-3H3. The zero-order valence-electron chi connectivity index (χ0n) is 12.5. The van der Waals surface area contributed by atoms with Gasteiger partial charge < -0.3 is 10.8 Å². The normalized spacial score (nSPS) is 13.4. The fourth-order valence-corrected chi connectivity index (χ4v) is 2.62. The molecule has 1 aromatic carbocycles. The van der Waals surface area contributed by atoms with E-state index in [0.29, 0.717) is 11.7 Å². The quantitative estimate of drug-likeness (QED) is 0.811. The Morgan fingerprint density at radius 3 is 2.76 bits per heavy atom. The molecular weight excluding hydrogens is 286 g/mol. The predicted molar refractivity (Wildman–Crippen MR) is 83.6 cm³/mol. The number of rotatable bonds is 5. The number of nitrogens with zero attached hydrogens (tertiary/aromatic N) is 4. The smallest absolute Gasteiger partial charge is 0.214 e. The highest BCUT2D eigenvalue weighted by atomic mass is 32.2. The lowest BCUT2D eigenvalue weighted by atomic mass is 9.87. The average molecular weight is 307 g/mol. The van der Waals surface area contributed by atoms with Gasteiger partial charge in [-0.2, -0.15) is 4.68 Å². The van der Waals surface area contributed by atoms with Crippen LogP contribution >= 0.6 is 11.8 Å². The fourth-order valence-electron chi connectivity index (χ4n) is 1.83. The van der Waals surface area contributed by atoms with Crippen LogP contribution < -0.4 is 5.73 Å². The summed E-state index contributed by atoms with van der Waals surface area (Å²) in [5, 5.41) is 21.6. The molecule has 0 spiro atoms. The van der Waals surface area contributed by atoms with Gasteiger partial charge in [0.25, 0.3) is 0 Å². The van der Waals surface area contributed by atoms with Crippen LogP contribution in [0.3, 0.4) is 0 Å². The van der Waals surface area contributed by atoms with E-state index in [1.807, 2.05) is 12.1 Å². The van der Waals surface area contributed by atoms with Crippen molar-refractivity contribution in [1.29, 1.82) is 0 Å². The second kappa shape index (κ2) is 6.55. The molecule has 0 aliphatic rings. The van der Waals surface area contributed by atoms with Gasteiger partial charge in [-0.15, -0.1) is 5.10 Å². The van der Waals surface area contributed by atoms with Crippen molar-refractivity contribution in [3.05, 3.63) is 29.8 Å². The Labute approximate surface area is 128 Å². The summed E-state index contributed by atoms with van der Waals surface area (Å²) >= 11 is 1.38. The van der Waals surface area contributed by atoms with E-state index in [2.05, 4.69) is 48.4 Å². The molecule has 0 saturated carbocycles. The van der Waals surface area contributed by atoms with Gasteiger partial charge in [0.15, 0.2) is 0 Å². The Morgan fingerprint density at radius 2 is 2.14 bits per heavy atom. The molecule has 2 aromatic rings. The Balaban J connectivity index is 2.33. The lowest BCUT2D eigenvalue weighted by molar-refractivity contribution is 0.296. The number of hydrogen-bond acceptors (Lipinski definition) is 6. The number of nitrogens with two attached hydrogens (primary N) is 1. The van der Waals surface area contributed by atoms with E-state index in [1.54, 1.807) is 4.68 Å². The van der Waals surface area contributed by atoms with E-state index >= 15 is 0 Å². The molecule has 0 bridgehead atoms. The first-order valence-electron chi connectivity index (χ1n) is 6.82. The SMILES string of the molecule is CC(C)(C)c1cccc(-n2nnnc2SC(CN)CO)c1. The van der Waals surface area contributed by atoms with E-state index in [-0.39, 0.29) is 17.3 Å². The first-order chi connectivity index (χ1) is 9.95. The maximum atomic E-state index is 9.26. The molecule has 0 amide bonds.